The van der Waals surface area contributed by atoms with Crippen molar-refractivity contribution in [3.63, 3.8) is 0 Å². The molecule has 0 fully saturated rings. The van der Waals surface area contributed by atoms with Crippen molar-refractivity contribution in [2.75, 3.05) is 0 Å². The summed E-state index contributed by atoms with van der Waals surface area (Å²) < 4.78 is 32.0. The third kappa shape index (κ3) is 6.24. The summed E-state index contributed by atoms with van der Waals surface area (Å²) in [5.41, 5.74) is 0. The maximum atomic E-state index is 10.2. The monoisotopic (exact) mass is 203 g/mol. The van der Waals surface area contributed by atoms with Crippen LogP contribution in [0.5, 0.6) is 0 Å². The smallest absolute Gasteiger partial charge is 0.236 e. The fourth-order valence-corrected chi connectivity index (χ4v) is 1.24. The van der Waals surface area contributed by atoms with Crippen LogP contribution in [0.3, 0.4) is 0 Å². The Bertz CT molecular complexity index is 321. The Labute approximate surface area is 78.6 Å². The normalized spacial score (nSPS) is 10.1. The van der Waals surface area contributed by atoms with E-state index in [0.29, 0.717) is 0 Å². The molecule has 1 aromatic rings. The van der Waals surface area contributed by atoms with Gasteiger partial charge in [-0.3, -0.25) is 0 Å². The van der Waals surface area contributed by atoms with E-state index in [1.807, 2.05) is 13.8 Å². The van der Waals surface area contributed by atoms with Gasteiger partial charge in [-0.2, -0.15) is 4.57 Å². The van der Waals surface area contributed by atoms with Gasteiger partial charge >= 0.3 is 0 Å². The van der Waals surface area contributed by atoms with E-state index in [4.69, 9.17) is 0 Å². The van der Waals surface area contributed by atoms with E-state index in [1.165, 1.54) is 17.0 Å². The summed E-state index contributed by atoms with van der Waals surface area (Å²) in [6, 6.07) is 5.06. The lowest BCUT2D eigenvalue weighted by molar-refractivity contribution is -0.678. The van der Waals surface area contributed by atoms with Gasteiger partial charge in [0.15, 0.2) is 22.5 Å². The van der Waals surface area contributed by atoms with Crippen LogP contribution < -0.4 is 4.57 Å². The molecule has 0 aliphatic carbocycles. The van der Waals surface area contributed by atoms with Gasteiger partial charge in [-0.25, -0.2) is 8.42 Å². The van der Waals surface area contributed by atoms with Gasteiger partial charge in [0.1, 0.15) is 0 Å². The van der Waals surface area contributed by atoms with Crippen molar-refractivity contribution < 1.29 is 17.5 Å². The summed E-state index contributed by atoms with van der Waals surface area (Å²) in [5, 5.41) is 0. The van der Waals surface area contributed by atoms with Crippen molar-refractivity contribution >= 4 is 10.1 Å². The van der Waals surface area contributed by atoms with E-state index >= 15 is 0 Å². The van der Waals surface area contributed by atoms with E-state index in [1.54, 1.807) is 18.2 Å². The highest BCUT2D eigenvalue weighted by Crippen LogP contribution is 1.82. The maximum Gasteiger partial charge on any atom is 0.236 e. The molecule has 0 amide bonds. The molecule has 5 heteroatoms. The molecule has 0 aliphatic heterocycles. The van der Waals surface area contributed by atoms with Crippen LogP contribution in [0.2, 0.25) is 0 Å². The number of aromatic nitrogens is 1. The van der Waals surface area contributed by atoms with E-state index in [2.05, 4.69) is 0 Å². The van der Waals surface area contributed by atoms with Crippen LogP contribution in [-0.4, -0.2) is 13.0 Å². The summed E-state index contributed by atoms with van der Waals surface area (Å²) in [5.74, 6) is -0.506. The average Bonchev–Trinajstić information content (AvgIpc) is 2.07. The maximum absolute atomic E-state index is 10.2. The van der Waals surface area contributed by atoms with E-state index in [0.717, 1.165) is 0 Å². The third-order valence-corrected chi connectivity index (χ3v) is 1.70. The van der Waals surface area contributed by atoms with E-state index < -0.39 is 16.0 Å². The van der Waals surface area contributed by atoms with Crippen molar-refractivity contribution in [1.82, 2.24) is 0 Å². The first-order valence-electron chi connectivity index (χ1n) is 3.95. The van der Waals surface area contributed by atoms with Crippen LogP contribution in [0.25, 0.3) is 0 Å². The minimum atomic E-state index is -4.16. The Morgan fingerprint density at radius 1 is 1.15 bits per heavy atom. The molecule has 4 nitrogen and oxygen atoms in total. The average molecular weight is 203 g/mol. The van der Waals surface area contributed by atoms with Crippen LogP contribution in [0.4, 0.5) is 0 Å². The first-order valence-corrected chi connectivity index (χ1v) is 5.53. The molecule has 0 aromatic carbocycles. The second-order valence-corrected chi connectivity index (χ2v) is 3.45. The van der Waals surface area contributed by atoms with Gasteiger partial charge in [-0.1, -0.05) is 19.9 Å². The predicted octanol–water partition coefficient (Wildman–Crippen LogP) is 0.503. The fourth-order valence-electron chi connectivity index (χ4n) is 0.703. The molecule has 0 spiro atoms. The quantitative estimate of drug-likeness (QED) is 0.519. The lowest BCUT2D eigenvalue weighted by Gasteiger charge is -2.00. The zero-order chi connectivity index (χ0) is 10.3. The minimum absolute atomic E-state index is 0.506. The molecule has 13 heavy (non-hydrogen) atoms. The van der Waals surface area contributed by atoms with Gasteiger partial charge in [-0.15, -0.1) is 0 Å². The molecule has 1 heterocycles. The zero-order valence-corrected chi connectivity index (χ0v) is 8.49. The highest BCUT2D eigenvalue weighted by Gasteiger charge is 2.02. The minimum Gasteiger partial charge on any atom is -0.743 e. The second-order valence-electron chi connectivity index (χ2n) is 2.08. The van der Waals surface area contributed by atoms with Gasteiger partial charge in [0, 0.05) is 12.1 Å². The van der Waals surface area contributed by atoms with Crippen molar-refractivity contribution in [1.29, 1.82) is 0 Å². The summed E-state index contributed by atoms with van der Waals surface area (Å²) in [6.07, 6.45) is 3.05. The molecular weight excluding hydrogens is 190 g/mol. The van der Waals surface area contributed by atoms with E-state index in [-0.39, 0.29) is 0 Å². The molecule has 1 rings (SSSR count). The molecule has 0 aliphatic rings. The molecule has 1 aromatic heterocycles. The summed E-state index contributed by atoms with van der Waals surface area (Å²) in [6.45, 7) is 4.00. The van der Waals surface area contributed by atoms with Gasteiger partial charge in [-0.05, 0) is 0 Å². The van der Waals surface area contributed by atoms with Crippen LogP contribution in [0.15, 0.2) is 30.6 Å². The molecule has 0 saturated carbocycles. The SMILES string of the molecule is CC.O=S(=O)([O-])C[n+]1ccccc1. The summed E-state index contributed by atoms with van der Waals surface area (Å²) >= 11 is 0. The lowest BCUT2D eigenvalue weighted by atomic mass is 10.5. The van der Waals surface area contributed by atoms with Crippen LogP contribution in [0, 0.1) is 0 Å². The molecule has 0 radical (unpaired) electrons. The Hall–Kier alpha value is -0.940. The Kier molecular flexibility index (Phi) is 5.25. The van der Waals surface area contributed by atoms with Gasteiger partial charge in [0.2, 0.25) is 5.88 Å². The molecule has 0 bridgehead atoms. The number of hydrogen-bond donors (Lipinski definition) is 0. The zero-order valence-electron chi connectivity index (χ0n) is 7.67. The van der Waals surface area contributed by atoms with Gasteiger partial charge in [0.05, 0.1) is 0 Å². The molecule has 0 saturated heterocycles. The van der Waals surface area contributed by atoms with E-state index in [9.17, 15) is 13.0 Å². The molecule has 0 atom stereocenters. The molecule has 0 N–H and O–H groups in total. The third-order valence-electron chi connectivity index (χ3n) is 1.08. The molecule has 74 valence electrons. The standard InChI is InChI=1S/C6H7NO3S.C2H6/c8-11(9,10)6-7-4-2-1-3-5-7;1-2/h1-5H,6H2;1-2H3. The largest absolute Gasteiger partial charge is 0.743 e. The number of rotatable bonds is 2. The Morgan fingerprint density at radius 2 is 1.62 bits per heavy atom. The highest BCUT2D eigenvalue weighted by molar-refractivity contribution is 7.84. The number of nitrogens with zero attached hydrogens (tertiary/aromatic N) is 1. The van der Waals surface area contributed by atoms with Crippen molar-refractivity contribution in [2.24, 2.45) is 0 Å². The topological polar surface area (TPSA) is 61.1 Å². The Morgan fingerprint density at radius 3 is 2.00 bits per heavy atom. The van der Waals surface area contributed by atoms with Gasteiger partial charge in [0.25, 0.3) is 0 Å². The number of hydrogen-bond acceptors (Lipinski definition) is 3. The summed E-state index contributed by atoms with van der Waals surface area (Å²) in [7, 11) is -4.16. The second kappa shape index (κ2) is 5.66. The van der Waals surface area contributed by atoms with Crippen LogP contribution >= 0.6 is 0 Å². The van der Waals surface area contributed by atoms with Crippen LogP contribution in [-0.2, 0) is 16.0 Å². The molecular formula is C8H13NO3S. The van der Waals surface area contributed by atoms with Gasteiger partial charge < -0.3 is 4.55 Å². The molecule has 0 unspecified atom stereocenters. The number of pyridine rings is 1. The van der Waals surface area contributed by atoms with Crippen molar-refractivity contribution in [3.8, 4) is 0 Å². The Balaban J connectivity index is 0.000000671. The summed E-state index contributed by atoms with van der Waals surface area (Å²) in [4.78, 5) is 0. The highest BCUT2D eigenvalue weighted by atomic mass is 32.2. The lowest BCUT2D eigenvalue weighted by Crippen LogP contribution is -2.36. The van der Waals surface area contributed by atoms with Crippen molar-refractivity contribution in [3.05, 3.63) is 30.6 Å². The van der Waals surface area contributed by atoms with Crippen LogP contribution in [0.1, 0.15) is 13.8 Å². The predicted molar refractivity (Wildman–Crippen MR) is 47.7 cm³/mol. The first kappa shape index (κ1) is 12.1. The van der Waals surface area contributed by atoms with Crippen molar-refractivity contribution in [2.45, 2.75) is 19.7 Å². The first-order chi connectivity index (χ1) is 6.08. The fraction of sp³-hybridized carbons (Fsp3) is 0.375.